The minimum atomic E-state index is 0.469. The lowest BCUT2D eigenvalue weighted by Crippen LogP contribution is -2.04. The largest absolute Gasteiger partial charge is 0.382 e. The van der Waals surface area contributed by atoms with E-state index >= 15 is 0 Å². The molecule has 8 heteroatoms. The van der Waals surface area contributed by atoms with Crippen molar-refractivity contribution in [3.63, 3.8) is 0 Å². The smallest absolute Gasteiger partial charge is 0.153 e. The first kappa shape index (κ1) is 16.2. The summed E-state index contributed by atoms with van der Waals surface area (Å²) in [7, 11) is 1.90. The molecule has 8 nitrogen and oxygen atoms in total. The number of aromatic amines is 1. The fourth-order valence-electron chi connectivity index (χ4n) is 3.39. The summed E-state index contributed by atoms with van der Waals surface area (Å²) in [5, 5.41) is 21.1. The molecule has 138 valence electrons. The van der Waals surface area contributed by atoms with E-state index in [-0.39, 0.29) is 0 Å². The Labute approximate surface area is 160 Å². The number of benzene rings is 2. The third kappa shape index (κ3) is 2.71. The zero-order chi connectivity index (χ0) is 19.1. The molecule has 0 aliphatic rings. The van der Waals surface area contributed by atoms with Crippen LogP contribution in [0.25, 0.3) is 33.4 Å². The lowest BCUT2D eigenvalue weighted by molar-refractivity contribution is 0.655. The van der Waals surface area contributed by atoms with E-state index in [1.54, 1.807) is 4.68 Å². The van der Waals surface area contributed by atoms with Crippen molar-refractivity contribution in [1.82, 2.24) is 35.0 Å². The van der Waals surface area contributed by atoms with Crippen molar-refractivity contribution in [2.45, 2.75) is 6.54 Å². The average Bonchev–Trinajstić information content (AvgIpc) is 3.41. The van der Waals surface area contributed by atoms with Gasteiger partial charge in [-0.25, -0.2) is 4.68 Å². The average molecular weight is 370 g/mol. The zero-order valence-electron chi connectivity index (χ0n) is 15.2. The van der Waals surface area contributed by atoms with Gasteiger partial charge in [-0.2, -0.15) is 10.2 Å². The van der Waals surface area contributed by atoms with Crippen LogP contribution in [0.15, 0.2) is 60.9 Å². The van der Waals surface area contributed by atoms with Crippen LogP contribution in [-0.4, -0.2) is 35.0 Å². The van der Waals surface area contributed by atoms with Crippen molar-refractivity contribution in [1.29, 1.82) is 0 Å². The summed E-state index contributed by atoms with van der Waals surface area (Å²) >= 11 is 0. The number of nitrogens with two attached hydrogens (primary N) is 1. The summed E-state index contributed by atoms with van der Waals surface area (Å²) in [5.74, 6) is 0.469. The van der Waals surface area contributed by atoms with Crippen molar-refractivity contribution < 1.29 is 0 Å². The highest BCUT2D eigenvalue weighted by Gasteiger charge is 2.19. The second-order valence-electron chi connectivity index (χ2n) is 6.70. The van der Waals surface area contributed by atoms with E-state index < -0.39 is 0 Å². The number of aromatic nitrogens is 7. The molecule has 0 saturated heterocycles. The number of hydrogen-bond acceptors (Lipinski definition) is 5. The summed E-state index contributed by atoms with van der Waals surface area (Å²) in [4.78, 5) is 0. The highest BCUT2D eigenvalue weighted by atomic mass is 15.4. The molecule has 0 aliphatic carbocycles. The molecule has 0 amide bonds. The summed E-state index contributed by atoms with van der Waals surface area (Å²) < 4.78 is 3.68. The van der Waals surface area contributed by atoms with E-state index in [1.165, 1.54) is 0 Å². The molecule has 0 atom stereocenters. The topological polar surface area (TPSA) is 103 Å². The van der Waals surface area contributed by atoms with Crippen molar-refractivity contribution in [3.05, 3.63) is 66.5 Å². The number of hydrogen-bond donors (Lipinski definition) is 2. The minimum absolute atomic E-state index is 0.469. The highest BCUT2D eigenvalue weighted by Crippen LogP contribution is 2.32. The molecule has 3 heterocycles. The molecule has 0 aliphatic heterocycles. The molecule has 28 heavy (non-hydrogen) atoms. The van der Waals surface area contributed by atoms with Crippen molar-refractivity contribution in [2.75, 3.05) is 5.73 Å². The first-order valence-corrected chi connectivity index (χ1v) is 8.89. The van der Waals surface area contributed by atoms with Gasteiger partial charge in [-0.3, -0.25) is 9.78 Å². The van der Waals surface area contributed by atoms with E-state index in [0.717, 1.165) is 39.0 Å². The Balaban J connectivity index is 1.67. The molecule has 0 bridgehead atoms. The zero-order valence-corrected chi connectivity index (χ0v) is 15.2. The van der Waals surface area contributed by atoms with E-state index in [2.05, 4.69) is 37.7 Å². The maximum absolute atomic E-state index is 5.99. The fourth-order valence-corrected chi connectivity index (χ4v) is 3.39. The van der Waals surface area contributed by atoms with Gasteiger partial charge < -0.3 is 5.73 Å². The molecule has 5 aromatic rings. The van der Waals surface area contributed by atoms with Gasteiger partial charge in [0, 0.05) is 29.8 Å². The van der Waals surface area contributed by atoms with Crippen molar-refractivity contribution >= 4 is 16.7 Å². The Bertz CT molecular complexity index is 1260. The van der Waals surface area contributed by atoms with Gasteiger partial charge in [0.15, 0.2) is 5.82 Å². The molecule has 0 radical (unpaired) electrons. The second-order valence-corrected chi connectivity index (χ2v) is 6.70. The Morgan fingerprint density at radius 2 is 1.93 bits per heavy atom. The van der Waals surface area contributed by atoms with E-state index in [4.69, 9.17) is 5.73 Å². The van der Waals surface area contributed by atoms with Crippen LogP contribution in [0.1, 0.15) is 5.56 Å². The Hall–Kier alpha value is -3.94. The number of nitrogen functional groups attached to an aromatic ring is 1. The summed E-state index contributed by atoms with van der Waals surface area (Å²) in [5.41, 5.74) is 11.6. The number of anilines is 1. The van der Waals surface area contributed by atoms with Gasteiger partial charge in [-0.1, -0.05) is 41.6 Å². The predicted octanol–water partition coefficient (Wildman–Crippen LogP) is 2.85. The van der Waals surface area contributed by atoms with Crippen LogP contribution in [0.3, 0.4) is 0 Å². The van der Waals surface area contributed by atoms with E-state index in [0.29, 0.717) is 12.4 Å². The molecular weight excluding hydrogens is 352 g/mol. The minimum Gasteiger partial charge on any atom is -0.382 e. The molecule has 5 rings (SSSR count). The molecule has 0 saturated carbocycles. The van der Waals surface area contributed by atoms with Gasteiger partial charge in [0.25, 0.3) is 0 Å². The molecule has 0 fully saturated rings. The number of aryl methyl sites for hydroxylation is 1. The van der Waals surface area contributed by atoms with Crippen molar-refractivity contribution in [3.8, 4) is 22.5 Å². The van der Waals surface area contributed by atoms with Crippen LogP contribution >= 0.6 is 0 Å². The van der Waals surface area contributed by atoms with Crippen LogP contribution in [0.5, 0.6) is 0 Å². The van der Waals surface area contributed by atoms with Crippen LogP contribution in [0, 0.1) is 0 Å². The molecule has 3 aromatic heterocycles. The second kappa shape index (κ2) is 6.34. The monoisotopic (exact) mass is 370 g/mol. The lowest BCUT2D eigenvalue weighted by atomic mass is 10.0. The molecular formula is C20H18N8. The van der Waals surface area contributed by atoms with Gasteiger partial charge >= 0.3 is 0 Å². The Kier molecular flexibility index (Phi) is 3.68. The Morgan fingerprint density at radius 1 is 1.07 bits per heavy atom. The number of nitrogens with one attached hydrogen (secondary N) is 1. The van der Waals surface area contributed by atoms with Gasteiger partial charge in [-0.15, -0.1) is 5.10 Å². The Morgan fingerprint density at radius 3 is 2.71 bits per heavy atom. The standard InChI is InChI=1S/C20H18N8/c1-27-12-15(10-22-27)19-18(14-7-8-17-16(9-14)20(21)25-23-17)24-26-28(19)11-13-5-3-2-4-6-13/h2-10,12H,11H2,1H3,(H3,21,23,25). The third-order valence-corrected chi connectivity index (χ3v) is 4.75. The lowest BCUT2D eigenvalue weighted by Gasteiger charge is -2.07. The van der Waals surface area contributed by atoms with E-state index in [9.17, 15) is 0 Å². The number of rotatable bonds is 4. The van der Waals surface area contributed by atoms with Gasteiger partial charge in [0.2, 0.25) is 0 Å². The van der Waals surface area contributed by atoms with Gasteiger partial charge in [0.1, 0.15) is 11.4 Å². The quantitative estimate of drug-likeness (QED) is 0.506. The number of fused-ring (bicyclic) bond motifs is 1. The normalized spacial score (nSPS) is 11.3. The fraction of sp³-hybridized carbons (Fsp3) is 0.100. The molecule has 3 N–H and O–H groups in total. The third-order valence-electron chi connectivity index (χ3n) is 4.75. The summed E-state index contributed by atoms with van der Waals surface area (Å²) in [6.07, 6.45) is 3.79. The predicted molar refractivity (Wildman–Crippen MR) is 107 cm³/mol. The SMILES string of the molecule is Cn1cc(-c2c(-c3ccc4[nH]nc(N)c4c3)nnn2Cc2ccccc2)cn1. The van der Waals surface area contributed by atoms with Gasteiger partial charge in [-0.05, 0) is 17.7 Å². The van der Waals surface area contributed by atoms with E-state index in [1.807, 2.05) is 60.5 Å². The molecule has 0 unspecified atom stereocenters. The summed E-state index contributed by atoms with van der Waals surface area (Å²) in [6.45, 7) is 0.619. The number of nitrogens with zero attached hydrogens (tertiary/aromatic N) is 6. The van der Waals surface area contributed by atoms with Crippen LogP contribution in [0.4, 0.5) is 5.82 Å². The molecule has 2 aromatic carbocycles. The first-order chi connectivity index (χ1) is 13.7. The van der Waals surface area contributed by atoms with Crippen LogP contribution in [0.2, 0.25) is 0 Å². The van der Waals surface area contributed by atoms with Crippen LogP contribution in [-0.2, 0) is 13.6 Å². The van der Waals surface area contributed by atoms with Gasteiger partial charge in [0.05, 0.1) is 18.3 Å². The van der Waals surface area contributed by atoms with Crippen molar-refractivity contribution in [2.24, 2.45) is 7.05 Å². The number of H-pyrrole nitrogens is 1. The highest BCUT2D eigenvalue weighted by molar-refractivity contribution is 5.93. The maximum Gasteiger partial charge on any atom is 0.153 e. The van der Waals surface area contributed by atoms with Crippen LogP contribution < -0.4 is 5.73 Å². The maximum atomic E-state index is 5.99. The first-order valence-electron chi connectivity index (χ1n) is 8.89. The summed E-state index contributed by atoms with van der Waals surface area (Å²) in [6, 6.07) is 16.1. The molecule has 0 spiro atoms.